The number of halogens is 1. The van der Waals surface area contributed by atoms with Gasteiger partial charge in [-0.15, -0.1) is 0 Å². The van der Waals surface area contributed by atoms with E-state index < -0.39 is 0 Å². The van der Waals surface area contributed by atoms with Crippen LogP contribution in [-0.4, -0.2) is 78.6 Å². The molecule has 3 aliphatic rings. The van der Waals surface area contributed by atoms with Gasteiger partial charge in [-0.2, -0.15) is 0 Å². The van der Waals surface area contributed by atoms with E-state index in [1.165, 1.54) is 0 Å². The van der Waals surface area contributed by atoms with Gasteiger partial charge in [0.25, 0.3) is 5.91 Å². The molecule has 5 rings (SSSR count). The zero-order chi connectivity index (χ0) is 27.0. The molecule has 3 aliphatic heterocycles. The lowest BCUT2D eigenvalue weighted by molar-refractivity contribution is -0.109. The van der Waals surface area contributed by atoms with E-state index in [0.29, 0.717) is 38.2 Å². The first-order chi connectivity index (χ1) is 19.2. The smallest absolute Gasteiger partial charge is 0.253 e. The number of hydrogen-bond donors (Lipinski definition) is 3. The molecule has 0 aliphatic carbocycles. The lowest BCUT2D eigenvalue weighted by Crippen LogP contribution is -2.49. The third-order valence-corrected chi connectivity index (χ3v) is 7.24. The molecular formula is C29H33ClN6O3. The Hall–Kier alpha value is -3.79. The minimum absolute atomic E-state index is 0.0565. The summed E-state index contributed by atoms with van der Waals surface area (Å²) < 4.78 is 5.22. The van der Waals surface area contributed by atoms with Crippen LogP contribution >= 0.6 is 11.6 Å². The Balaban J connectivity index is 1.22. The Morgan fingerprint density at radius 1 is 1.10 bits per heavy atom. The first-order valence-electron chi connectivity index (χ1n) is 13.1. The van der Waals surface area contributed by atoms with E-state index in [2.05, 4.69) is 50.0 Å². The van der Waals surface area contributed by atoms with Gasteiger partial charge in [0.15, 0.2) is 0 Å². The number of hydrogen-bond acceptors (Lipinski definition) is 7. The molecule has 0 aromatic heterocycles. The fourth-order valence-electron chi connectivity index (χ4n) is 5.01. The number of anilines is 1. The molecule has 2 amide bonds. The van der Waals surface area contributed by atoms with Crippen LogP contribution < -0.4 is 16.0 Å². The molecule has 10 heteroatoms. The largest absolute Gasteiger partial charge is 0.365 e. The maximum atomic E-state index is 13.1. The fourth-order valence-corrected chi connectivity index (χ4v) is 5.12. The highest BCUT2D eigenvalue weighted by Crippen LogP contribution is 2.31. The zero-order valence-corrected chi connectivity index (χ0v) is 22.4. The van der Waals surface area contributed by atoms with Crippen LogP contribution in [0, 0.1) is 0 Å². The number of alkyl halides is 1. The standard InChI is InChI=1S/C29H33ClN6O3/c30-20-39-17-16-34-12-14-35(15-13-34)29(38)23-4-6-25(7-5-23)33-26-8-9-27(36-11-10-32-28(26)36)24-3-1-2-22(18-24)19-31-21-37/h1-11,18,21,28,32-33H,12-17,19-20H2,(H,31,37). The second-order valence-corrected chi connectivity index (χ2v) is 9.74. The summed E-state index contributed by atoms with van der Waals surface area (Å²) in [5.74, 6) is 0.0565. The highest BCUT2D eigenvalue weighted by molar-refractivity contribution is 6.17. The average molecular weight is 549 g/mol. The van der Waals surface area contributed by atoms with Gasteiger partial charge in [-0.1, -0.05) is 29.8 Å². The van der Waals surface area contributed by atoms with E-state index in [1.54, 1.807) is 0 Å². The summed E-state index contributed by atoms with van der Waals surface area (Å²) in [6.07, 6.45) is 8.75. The molecule has 9 nitrogen and oxygen atoms in total. The fraction of sp³-hybridized carbons (Fsp3) is 0.310. The van der Waals surface area contributed by atoms with Gasteiger partial charge < -0.3 is 30.5 Å². The maximum absolute atomic E-state index is 13.1. The minimum atomic E-state index is -0.0748. The van der Waals surface area contributed by atoms with E-state index in [9.17, 15) is 9.59 Å². The average Bonchev–Trinajstić information content (AvgIpc) is 3.48. The number of nitrogens with one attached hydrogen (secondary N) is 3. The van der Waals surface area contributed by atoms with E-state index in [1.807, 2.05) is 53.7 Å². The Morgan fingerprint density at radius 2 is 1.92 bits per heavy atom. The zero-order valence-electron chi connectivity index (χ0n) is 21.7. The molecule has 1 fully saturated rings. The third kappa shape index (κ3) is 6.44. The van der Waals surface area contributed by atoms with Crippen LogP contribution in [-0.2, 0) is 16.1 Å². The van der Waals surface area contributed by atoms with Gasteiger partial charge >= 0.3 is 0 Å². The summed E-state index contributed by atoms with van der Waals surface area (Å²) in [7, 11) is 0. The summed E-state index contributed by atoms with van der Waals surface area (Å²) in [5.41, 5.74) is 5.76. The quantitative estimate of drug-likeness (QED) is 0.226. The minimum Gasteiger partial charge on any atom is -0.365 e. The summed E-state index contributed by atoms with van der Waals surface area (Å²) >= 11 is 5.57. The normalized spacial score (nSPS) is 18.6. The van der Waals surface area contributed by atoms with Crippen LogP contribution in [0.4, 0.5) is 5.69 Å². The topological polar surface area (TPSA) is 89.2 Å². The Kier molecular flexibility index (Phi) is 8.82. The van der Waals surface area contributed by atoms with Gasteiger partial charge in [0.05, 0.1) is 18.0 Å². The third-order valence-electron chi connectivity index (χ3n) is 7.08. The molecule has 1 atom stereocenters. The van der Waals surface area contributed by atoms with Crippen molar-refractivity contribution in [2.75, 3.05) is 50.7 Å². The van der Waals surface area contributed by atoms with Crippen molar-refractivity contribution in [1.82, 2.24) is 25.3 Å². The molecule has 2 aromatic rings. The highest BCUT2D eigenvalue weighted by atomic mass is 35.5. The highest BCUT2D eigenvalue weighted by Gasteiger charge is 2.29. The molecule has 0 radical (unpaired) electrons. The number of fused-ring (bicyclic) bond motifs is 1. The first-order valence-corrected chi connectivity index (χ1v) is 13.6. The predicted molar refractivity (Wildman–Crippen MR) is 152 cm³/mol. The summed E-state index contributed by atoms with van der Waals surface area (Å²) in [5, 5.41) is 9.64. The van der Waals surface area contributed by atoms with Crippen molar-refractivity contribution in [3.05, 3.63) is 95.5 Å². The molecule has 3 heterocycles. The van der Waals surface area contributed by atoms with Crippen LogP contribution in [0.2, 0.25) is 0 Å². The van der Waals surface area contributed by atoms with Crippen LogP contribution in [0.25, 0.3) is 5.70 Å². The van der Waals surface area contributed by atoms with Crippen LogP contribution in [0.3, 0.4) is 0 Å². The van der Waals surface area contributed by atoms with Crippen LogP contribution in [0.15, 0.2) is 78.8 Å². The van der Waals surface area contributed by atoms with Gasteiger partial charge in [-0.3, -0.25) is 14.5 Å². The van der Waals surface area contributed by atoms with Crippen molar-refractivity contribution < 1.29 is 14.3 Å². The molecule has 0 spiro atoms. The number of allylic oxidation sites excluding steroid dienone is 2. The van der Waals surface area contributed by atoms with Crippen molar-refractivity contribution in [3.63, 3.8) is 0 Å². The van der Waals surface area contributed by atoms with Crippen molar-refractivity contribution in [2.45, 2.75) is 12.7 Å². The number of rotatable bonds is 11. The summed E-state index contributed by atoms with van der Waals surface area (Å²) in [4.78, 5) is 30.1. The Labute approximate surface area is 233 Å². The molecule has 39 heavy (non-hydrogen) atoms. The number of piperazine rings is 1. The van der Waals surface area contributed by atoms with E-state index in [-0.39, 0.29) is 18.1 Å². The summed E-state index contributed by atoms with van der Waals surface area (Å²) in [6.45, 7) is 5.00. The lowest BCUT2D eigenvalue weighted by atomic mass is 10.0. The van der Waals surface area contributed by atoms with E-state index in [0.717, 1.165) is 47.8 Å². The monoisotopic (exact) mass is 548 g/mol. The predicted octanol–water partition coefficient (Wildman–Crippen LogP) is 2.96. The molecule has 1 saturated heterocycles. The number of ether oxygens (including phenoxy) is 1. The number of amides is 2. The molecule has 0 bridgehead atoms. The molecule has 0 saturated carbocycles. The maximum Gasteiger partial charge on any atom is 0.253 e. The lowest BCUT2D eigenvalue weighted by Gasteiger charge is -2.34. The van der Waals surface area contributed by atoms with Crippen LogP contribution in [0.1, 0.15) is 21.5 Å². The van der Waals surface area contributed by atoms with Gasteiger partial charge in [0.1, 0.15) is 12.2 Å². The van der Waals surface area contributed by atoms with Gasteiger partial charge in [0, 0.05) is 62.9 Å². The molecule has 204 valence electrons. The van der Waals surface area contributed by atoms with E-state index in [4.69, 9.17) is 16.3 Å². The SMILES string of the molecule is O=CNCc1cccc(C2=CC=C(Nc3ccc(C(=O)N4CCN(CCOCCl)CC4)cc3)C3NC=CN23)c1. The van der Waals surface area contributed by atoms with Crippen molar-refractivity contribution in [2.24, 2.45) is 0 Å². The number of nitrogens with zero attached hydrogens (tertiary/aromatic N) is 3. The Morgan fingerprint density at radius 3 is 2.69 bits per heavy atom. The van der Waals surface area contributed by atoms with Crippen molar-refractivity contribution >= 4 is 35.3 Å². The summed E-state index contributed by atoms with van der Waals surface area (Å²) in [6, 6.07) is 16.0. The first kappa shape index (κ1) is 26.8. The second-order valence-electron chi connectivity index (χ2n) is 9.52. The molecule has 2 aromatic carbocycles. The molecule has 3 N–H and O–H groups in total. The van der Waals surface area contributed by atoms with Gasteiger partial charge in [-0.05, 0) is 53.6 Å². The van der Waals surface area contributed by atoms with Crippen molar-refractivity contribution in [3.8, 4) is 0 Å². The van der Waals surface area contributed by atoms with Gasteiger partial charge in [-0.25, -0.2) is 0 Å². The van der Waals surface area contributed by atoms with Gasteiger partial charge in [0.2, 0.25) is 6.41 Å². The van der Waals surface area contributed by atoms with Crippen LogP contribution in [0.5, 0.6) is 0 Å². The van der Waals surface area contributed by atoms with Crippen molar-refractivity contribution in [1.29, 1.82) is 0 Å². The molecular weight excluding hydrogens is 516 g/mol. The number of benzene rings is 2. The Bertz CT molecular complexity index is 1250. The molecule has 1 unspecified atom stereocenters. The number of carbonyl (C=O) groups excluding carboxylic acids is 2. The second kappa shape index (κ2) is 12.8. The number of carbonyl (C=O) groups is 2. The van der Waals surface area contributed by atoms with E-state index >= 15 is 0 Å².